The summed E-state index contributed by atoms with van der Waals surface area (Å²) in [6.07, 6.45) is 2.22. The molecule has 1 aliphatic heterocycles. The van der Waals surface area contributed by atoms with Crippen LogP contribution < -0.4 is 11.2 Å². The largest absolute Gasteiger partial charge is 0.379 e. The Hall–Kier alpha value is -1.50. The van der Waals surface area contributed by atoms with Crippen LogP contribution in [0, 0.1) is 5.92 Å². The van der Waals surface area contributed by atoms with E-state index < -0.39 is 0 Å². The van der Waals surface area contributed by atoms with E-state index in [1.807, 2.05) is 0 Å². The maximum atomic E-state index is 5.56. The molecule has 0 unspecified atom stereocenters. The van der Waals surface area contributed by atoms with Gasteiger partial charge in [0.05, 0.1) is 18.9 Å². The van der Waals surface area contributed by atoms with Crippen LogP contribution in [0.15, 0.2) is 35.4 Å². The Morgan fingerprint density at radius 2 is 2.00 bits per heavy atom. The second kappa shape index (κ2) is 7.59. The second-order valence-electron chi connectivity index (χ2n) is 7.00. The minimum Gasteiger partial charge on any atom is -0.379 e. The first kappa shape index (κ1) is 17.3. The highest BCUT2D eigenvalue weighted by atomic mass is 32.1. The quantitative estimate of drug-likeness (QED) is 0.484. The van der Waals surface area contributed by atoms with Crippen molar-refractivity contribution in [2.75, 3.05) is 32.8 Å². The molecule has 0 bridgehead atoms. The third-order valence-corrected chi connectivity index (χ3v) is 5.23. The lowest BCUT2D eigenvalue weighted by Crippen LogP contribution is -2.48. The van der Waals surface area contributed by atoms with E-state index in [2.05, 4.69) is 52.7 Å². The van der Waals surface area contributed by atoms with Crippen LogP contribution in [0.1, 0.15) is 25.3 Å². The van der Waals surface area contributed by atoms with Crippen LogP contribution in [0.3, 0.4) is 0 Å². The van der Waals surface area contributed by atoms with Crippen molar-refractivity contribution in [3.8, 4) is 0 Å². The van der Waals surface area contributed by atoms with Crippen LogP contribution in [0.5, 0.6) is 0 Å². The molecule has 1 heterocycles. The second-order valence-corrected chi connectivity index (χ2v) is 7.44. The van der Waals surface area contributed by atoms with Gasteiger partial charge in [0.15, 0.2) is 5.11 Å². The molecule has 3 rings (SSSR count). The molecule has 5 nitrogen and oxygen atoms in total. The first-order chi connectivity index (χ1) is 11.6. The van der Waals surface area contributed by atoms with Crippen LogP contribution in [0.2, 0.25) is 0 Å². The lowest BCUT2D eigenvalue weighted by Gasteiger charge is -2.47. The van der Waals surface area contributed by atoms with Crippen LogP contribution >= 0.6 is 12.2 Å². The molecule has 24 heavy (non-hydrogen) atoms. The highest BCUT2D eigenvalue weighted by Crippen LogP contribution is 2.48. The van der Waals surface area contributed by atoms with Crippen molar-refractivity contribution >= 4 is 23.0 Å². The Bertz CT molecular complexity index is 592. The smallest absolute Gasteiger partial charge is 0.184 e. The number of hydrogen-bond acceptors (Lipinski definition) is 4. The van der Waals surface area contributed by atoms with E-state index in [1.54, 1.807) is 0 Å². The SMILES string of the molecule is CC1(c2ccccc2)CC(/C(CN2CCOCC2)=N/NC(N)=S)C1. The monoisotopic (exact) mass is 346 g/mol. The van der Waals surface area contributed by atoms with Gasteiger partial charge in [0.25, 0.3) is 0 Å². The summed E-state index contributed by atoms with van der Waals surface area (Å²) < 4.78 is 5.43. The molecule has 130 valence electrons. The van der Waals surface area contributed by atoms with Crippen LogP contribution in [-0.4, -0.2) is 48.6 Å². The Kier molecular flexibility index (Phi) is 5.48. The zero-order valence-electron chi connectivity index (χ0n) is 14.2. The number of ether oxygens (including phenoxy) is 1. The van der Waals surface area contributed by atoms with Gasteiger partial charge in [-0.15, -0.1) is 0 Å². The van der Waals surface area contributed by atoms with Crippen LogP contribution in [0.25, 0.3) is 0 Å². The molecule has 1 saturated heterocycles. The van der Waals surface area contributed by atoms with Crippen molar-refractivity contribution in [2.24, 2.45) is 16.8 Å². The van der Waals surface area contributed by atoms with Gasteiger partial charge < -0.3 is 10.5 Å². The number of thiocarbonyl (C=S) groups is 1. The van der Waals surface area contributed by atoms with Crippen molar-refractivity contribution in [3.63, 3.8) is 0 Å². The van der Waals surface area contributed by atoms with Crippen molar-refractivity contribution in [1.82, 2.24) is 10.3 Å². The van der Waals surface area contributed by atoms with E-state index in [9.17, 15) is 0 Å². The predicted octanol–water partition coefficient (Wildman–Crippen LogP) is 1.88. The molecule has 1 aromatic rings. The van der Waals surface area contributed by atoms with Gasteiger partial charge in [0.2, 0.25) is 0 Å². The molecule has 3 N–H and O–H groups in total. The van der Waals surface area contributed by atoms with Gasteiger partial charge in [-0.05, 0) is 36.0 Å². The Morgan fingerprint density at radius 3 is 2.62 bits per heavy atom. The molecule has 1 aromatic carbocycles. The van der Waals surface area contributed by atoms with E-state index in [0.29, 0.717) is 5.92 Å². The number of nitrogens with two attached hydrogens (primary N) is 1. The molecule has 0 atom stereocenters. The molecule has 6 heteroatoms. The molecule has 0 radical (unpaired) electrons. The fourth-order valence-electron chi connectivity index (χ4n) is 3.71. The lowest BCUT2D eigenvalue weighted by atomic mass is 9.58. The van der Waals surface area contributed by atoms with Gasteiger partial charge in [0.1, 0.15) is 0 Å². The van der Waals surface area contributed by atoms with Gasteiger partial charge in [0, 0.05) is 25.6 Å². The zero-order valence-corrected chi connectivity index (χ0v) is 15.0. The Balaban J connectivity index is 1.66. The zero-order chi connectivity index (χ0) is 17.0. The van der Waals surface area contributed by atoms with Crippen molar-refractivity contribution in [1.29, 1.82) is 0 Å². The summed E-state index contributed by atoms with van der Waals surface area (Å²) in [6.45, 7) is 6.69. The Labute approximate surface area is 149 Å². The third kappa shape index (κ3) is 4.12. The average molecular weight is 346 g/mol. The summed E-state index contributed by atoms with van der Waals surface area (Å²) >= 11 is 4.91. The summed E-state index contributed by atoms with van der Waals surface area (Å²) in [6, 6.07) is 10.8. The van der Waals surface area contributed by atoms with Gasteiger partial charge in [-0.25, -0.2) is 0 Å². The van der Waals surface area contributed by atoms with Gasteiger partial charge in [-0.1, -0.05) is 37.3 Å². The summed E-state index contributed by atoms with van der Waals surface area (Å²) in [5, 5.41) is 4.74. The predicted molar refractivity (Wildman–Crippen MR) is 101 cm³/mol. The third-order valence-electron chi connectivity index (χ3n) is 5.13. The number of morpholine rings is 1. The van der Waals surface area contributed by atoms with Gasteiger partial charge >= 0.3 is 0 Å². The maximum Gasteiger partial charge on any atom is 0.184 e. The number of rotatable bonds is 5. The van der Waals surface area contributed by atoms with Crippen molar-refractivity contribution < 1.29 is 4.74 Å². The molecule has 1 aliphatic carbocycles. The molecular weight excluding hydrogens is 320 g/mol. The Morgan fingerprint density at radius 1 is 1.33 bits per heavy atom. The highest BCUT2D eigenvalue weighted by Gasteiger charge is 2.43. The molecule has 0 aromatic heterocycles. The first-order valence-corrected chi connectivity index (χ1v) is 8.95. The topological polar surface area (TPSA) is 62.9 Å². The van der Waals surface area contributed by atoms with Gasteiger partial charge in [-0.2, -0.15) is 5.10 Å². The maximum absolute atomic E-state index is 5.56. The molecule has 2 aliphatic rings. The van der Waals surface area contributed by atoms with Crippen molar-refractivity contribution in [2.45, 2.75) is 25.2 Å². The number of benzene rings is 1. The summed E-state index contributed by atoms with van der Waals surface area (Å²) in [7, 11) is 0. The average Bonchev–Trinajstić information content (AvgIpc) is 2.57. The molecule has 1 saturated carbocycles. The van der Waals surface area contributed by atoms with E-state index >= 15 is 0 Å². The number of hydrazone groups is 1. The molecule has 2 fully saturated rings. The number of hydrogen-bond donors (Lipinski definition) is 2. The minimum atomic E-state index is 0.222. The number of nitrogens with zero attached hydrogens (tertiary/aromatic N) is 2. The summed E-state index contributed by atoms with van der Waals surface area (Å²) in [5.41, 5.74) is 11.1. The molecule has 0 amide bonds. The summed E-state index contributed by atoms with van der Waals surface area (Å²) in [4.78, 5) is 2.39. The first-order valence-electron chi connectivity index (χ1n) is 8.54. The van der Waals surface area contributed by atoms with Gasteiger partial charge in [-0.3, -0.25) is 10.3 Å². The van der Waals surface area contributed by atoms with Crippen LogP contribution in [-0.2, 0) is 10.2 Å². The molecular formula is C18H26N4OS. The van der Waals surface area contributed by atoms with E-state index in [0.717, 1.165) is 51.4 Å². The summed E-state index contributed by atoms with van der Waals surface area (Å²) in [5.74, 6) is 0.472. The standard InChI is InChI=1S/C18H26N4OS/c1-18(15-5-3-2-4-6-15)11-14(12-18)16(20-21-17(19)24)13-22-7-9-23-10-8-22/h2-6,14H,7-13H2,1H3,(H3,19,21,24)/b20-16+. The number of nitrogens with one attached hydrogen (secondary N) is 1. The van der Waals surface area contributed by atoms with E-state index in [-0.39, 0.29) is 10.5 Å². The normalized spacial score (nSPS) is 28.2. The van der Waals surface area contributed by atoms with E-state index in [1.165, 1.54) is 5.56 Å². The van der Waals surface area contributed by atoms with E-state index in [4.69, 9.17) is 22.7 Å². The minimum absolute atomic E-state index is 0.222. The van der Waals surface area contributed by atoms with Crippen LogP contribution in [0.4, 0.5) is 0 Å². The molecule has 0 spiro atoms. The van der Waals surface area contributed by atoms with Crippen molar-refractivity contribution in [3.05, 3.63) is 35.9 Å². The highest BCUT2D eigenvalue weighted by molar-refractivity contribution is 7.80. The fourth-order valence-corrected chi connectivity index (χ4v) is 3.76. The lowest BCUT2D eigenvalue weighted by molar-refractivity contribution is 0.0440. The fraction of sp³-hybridized carbons (Fsp3) is 0.556.